The van der Waals surface area contributed by atoms with Crippen molar-refractivity contribution in [2.45, 2.75) is 53.0 Å². The van der Waals surface area contributed by atoms with Crippen LogP contribution in [0, 0.1) is 10.8 Å². The van der Waals surface area contributed by atoms with E-state index >= 15 is 0 Å². The first-order chi connectivity index (χ1) is 9.78. The normalized spacial score (nSPS) is 24.9. The molecule has 3 rings (SSSR count). The Kier molecular flexibility index (Phi) is 3.52. The first-order valence-electron chi connectivity index (χ1n) is 8.18. The van der Waals surface area contributed by atoms with Crippen LogP contribution in [0.3, 0.4) is 0 Å². The number of piperidine rings is 1. The fourth-order valence-corrected chi connectivity index (χ4v) is 3.88. The van der Waals surface area contributed by atoms with Gasteiger partial charge in [-0.2, -0.15) is 0 Å². The van der Waals surface area contributed by atoms with Crippen LogP contribution in [0.4, 0.5) is 0 Å². The van der Waals surface area contributed by atoms with Crippen LogP contribution in [0.2, 0.25) is 0 Å². The van der Waals surface area contributed by atoms with Crippen molar-refractivity contribution in [3.63, 3.8) is 0 Å². The average Bonchev–Trinajstić information content (AvgIpc) is 2.75. The van der Waals surface area contributed by atoms with Gasteiger partial charge in [0.15, 0.2) is 5.78 Å². The lowest BCUT2D eigenvalue weighted by molar-refractivity contribution is 0.0903. The number of hydrogen-bond acceptors (Lipinski definition) is 2. The van der Waals surface area contributed by atoms with Gasteiger partial charge in [0.05, 0.1) is 0 Å². The first-order valence-corrected chi connectivity index (χ1v) is 8.18. The van der Waals surface area contributed by atoms with Crippen LogP contribution in [0.5, 0.6) is 0 Å². The van der Waals surface area contributed by atoms with Crippen molar-refractivity contribution in [2.24, 2.45) is 10.8 Å². The Balaban J connectivity index is 1.83. The quantitative estimate of drug-likeness (QED) is 0.833. The summed E-state index contributed by atoms with van der Waals surface area (Å²) < 4.78 is 2.37. The second-order valence-corrected chi connectivity index (χ2v) is 8.36. The van der Waals surface area contributed by atoms with Crippen LogP contribution in [0.1, 0.15) is 56.1 Å². The molecule has 0 amide bonds. The lowest BCUT2D eigenvalue weighted by Gasteiger charge is -2.39. The summed E-state index contributed by atoms with van der Waals surface area (Å²) in [4.78, 5) is 14.7. The summed E-state index contributed by atoms with van der Waals surface area (Å²) >= 11 is 0. The largest absolute Gasteiger partial charge is 0.350 e. The van der Waals surface area contributed by atoms with Gasteiger partial charge in [0.2, 0.25) is 0 Å². The Bertz CT molecular complexity index is 548. The second-order valence-electron chi connectivity index (χ2n) is 8.36. The minimum Gasteiger partial charge on any atom is -0.350 e. The van der Waals surface area contributed by atoms with E-state index in [4.69, 9.17) is 0 Å². The molecule has 0 aromatic carbocycles. The van der Waals surface area contributed by atoms with E-state index in [1.165, 1.54) is 31.6 Å². The molecule has 0 spiro atoms. The number of rotatable bonds is 2. The van der Waals surface area contributed by atoms with Crippen molar-refractivity contribution in [1.29, 1.82) is 0 Å². The Labute approximate surface area is 128 Å². The molecule has 1 saturated heterocycles. The lowest BCUT2D eigenvalue weighted by Crippen LogP contribution is -2.39. The van der Waals surface area contributed by atoms with Gasteiger partial charge in [0.1, 0.15) is 0 Å². The molecule has 116 valence electrons. The molecule has 0 unspecified atom stereocenters. The minimum absolute atomic E-state index is 0.105. The molecule has 1 aliphatic carbocycles. The summed E-state index contributed by atoms with van der Waals surface area (Å²) in [6.45, 7) is 10.3. The number of carbonyl (C=O) groups excluding carboxylic acids is 1. The van der Waals surface area contributed by atoms with E-state index in [9.17, 15) is 4.79 Å². The summed E-state index contributed by atoms with van der Waals surface area (Å²) in [5.41, 5.74) is 2.72. The topological polar surface area (TPSA) is 25.2 Å². The maximum atomic E-state index is 12.3. The fraction of sp³-hybridized carbons (Fsp3) is 0.722. The molecule has 0 atom stereocenters. The number of Topliss-reactive ketones (excluding diaryl/α,β-unsaturated/α-hetero) is 1. The smallest absolute Gasteiger partial charge is 0.165 e. The Hall–Kier alpha value is -1.09. The van der Waals surface area contributed by atoms with Gasteiger partial charge < -0.3 is 9.47 Å². The van der Waals surface area contributed by atoms with Gasteiger partial charge in [0, 0.05) is 30.4 Å². The van der Waals surface area contributed by atoms with Gasteiger partial charge in [-0.1, -0.05) is 20.8 Å². The zero-order chi connectivity index (χ0) is 15.3. The molecule has 0 bridgehead atoms. The number of ketones is 1. The number of fused-ring (bicyclic) bond motifs is 1. The number of hydrogen-bond donors (Lipinski definition) is 0. The molecule has 2 aliphatic rings. The summed E-state index contributed by atoms with van der Waals surface area (Å²) in [7, 11) is 2.21. The van der Waals surface area contributed by atoms with E-state index in [0.717, 1.165) is 18.5 Å². The zero-order valence-corrected chi connectivity index (χ0v) is 13.9. The maximum absolute atomic E-state index is 12.3. The molecule has 0 radical (unpaired) electrons. The monoisotopic (exact) mass is 288 g/mol. The van der Waals surface area contributed by atoms with Gasteiger partial charge in [-0.05, 0) is 56.3 Å². The van der Waals surface area contributed by atoms with Crippen molar-refractivity contribution in [3.8, 4) is 0 Å². The van der Waals surface area contributed by atoms with Crippen LogP contribution in [0.15, 0.2) is 12.3 Å². The molecule has 1 fully saturated rings. The van der Waals surface area contributed by atoms with Crippen LogP contribution in [-0.4, -0.2) is 35.4 Å². The highest BCUT2D eigenvalue weighted by Crippen LogP contribution is 2.38. The highest BCUT2D eigenvalue weighted by atomic mass is 16.1. The second kappa shape index (κ2) is 4.98. The van der Waals surface area contributed by atoms with E-state index in [-0.39, 0.29) is 5.41 Å². The van der Waals surface area contributed by atoms with Crippen molar-refractivity contribution in [1.82, 2.24) is 9.47 Å². The average molecular weight is 288 g/mol. The zero-order valence-electron chi connectivity index (χ0n) is 13.9. The highest BCUT2D eigenvalue weighted by molar-refractivity contribution is 5.98. The number of likely N-dealkylation sites (tertiary alicyclic amines) is 1. The van der Waals surface area contributed by atoms with Crippen LogP contribution in [-0.2, 0) is 13.0 Å². The SMILES string of the molecule is CN1CCC(C)(Cn2ccc3c2CC(C)(C)CC3=O)CC1. The number of nitrogens with zero attached hydrogens (tertiary/aromatic N) is 2. The first kappa shape index (κ1) is 14.8. The Morgan fingerprint density at radius 1 is 1.14 bits per heavy atom. The molecule has 0 N–H and O–H groups in total. The molecule has 0 saturated carbocycles. The van der Waals surface area contributed by atoms with Gasteiger partial charge in [0.25, 0.3) is 0 Å². The van der Waals surface area contributed by atoms with E-state index < -0.39 is 0 Å². The number of aromatic nitrogens is 1. The van der Waals surface area contributed by atoms with Crippen molar-refractivity contribution in [3.05, 3.63) is 23.5 Å². The predicted octanol–water partition coefficient (Wildman–Crippen LogP) is 3.38. The molecule has 3 nitrogen and oxygen atoms in total. The third kappa shape index (κ3) is 2.94. The summed E-state index contributed by atoms with van der Waals surface area (Å²) in [6.07, 6.45) is 6.35. The fourth-order valence-electron chi connectivity index (χ4n) is 3.88. The highest BCUT2D eigenvalue weighted by Gasteiger charge is 2.35. The van der Waals surface area contributed by atoms with Crippen LogP contribution in [0.25, 0.3) is 0 Å². The molecule has 1 aromatic heterocycles. The van der Waals surface area contributed by atoms with Gasteiger partial charge in [-0.15, -0.1) is 0 Å². The molecular formula is C18H28N2O. The molecule has 1 aliphatic heterocycles. The van der Waals surface area contributed by atoms with E-state index in [0.29, 0.717) is 17.6 Å². The summed E-state index contributed by atoms with van der Waals surface area (Å²) in [5.74, 6) is 0.327. The van der Waals surface area contributed by atoms with E-state index in [1.54, 1.807) is 0 Å². The predicted molar refractivity (Wildman–Crippen MR) is 85.7 cm³/mol. The Morgan fingerprint density at radius 2 is 1.81 bits per heavy atom. The van der Waals surface area contributed by atoms with Gasteiger partial charge in [-0.25, -0.2) is 0 Å². The minimum atomic E-state index is 0.105. The molecule has 21 heavy (non-hydrogen) atoms. The van der Waals surface area contributed by atoms with Crippen LogP contribution >= 0.6 is 0 Å². The summed E-state index contributed by atoms with van der Waals surface area (Å²) in [5, 5.41) is 0. The van der Waals surface area contributed by atoms with Gasteiger partial charge in [-0.3, -0.25) is 4.79 Å². The Morgan fingerprint density at radius 3 is 2.48 bits per heavy atom. The van der Waals surface area contributed by atoms with Crippen molar-refractivity contribution in [2.75, 3.05) is 20.1 Å². The van der Waals surface area contributed by atoms with Crippen LogP contribution < -0.4 is 0 Å². The molecule has 3 heteroatoms. The lowest BCUT2D eigenvalue weighted by atomic mass is 9.76. The third-order valence-corrected chi connectivity index (χ3v) is 5.41. The van der Waals surface area contributed by atoms with E-state index in [1.807, 2.05) is 6.07 Å². The van der Waals surface area contributed by atoms with Crippen molar-refractivity contribution < 1.29 is 4.79 Å². The maximum Gasteiger partial charge on any atom is 0.165 e. The van der Waals surface area contributed by atoms with E-state index in [2.05, 4.69) is 43.5 Å². The molecule has 1 aromatic rings. The third-order valence-electron chi connectivity index (χ3n) is 5.41. The number of carbonyl (C=O) groups is 1. The standard InChI is InChI=1S/C18H28N2O/c1-17(2)11-15-14(16(21)12-17)5-8-20(15)13-18(3)6-9-19(4)10-7-18/h5,8H,6-7,9-13H2,1-4H3. The van der Waals surface area contributed by atoms with Gasteiger partial charge >= 0.3 is 0 Å². The molecular weight excluding hydrogens is 260 g/mol. The molecule has 2 heterocycles. The summed E-state index contributed by atoms with van der Waals surface area (Å²) in [6, 6.07) is 2.05. The van der Waals surface area contributed by atoms with Crippen molar-refractivity contribution >= 4 is 5.78 Å².